The minimum Gasteiger partial charge on any atom is -0.424 e. The predicted molar refractivity (Wildman–Crippen MR) is 102 cm³/mol. The summed E-state index contributed by atoms with van der Waals surface area (Å²) in [7, 11) is -3.56. The Hall–Kier alpha value is -2.18. The maximum absolute atomic E-state index is 13.1. The minimum absolute atomic E-state index is 0.222. The number of hydrogen-bond donors (Lipinski definition) is 1. The van der Waals surface area contributed by atoms with E-state index in [1.165, 1.54) is 10.4 Å². The summed E-state index contributed by atoms with van der Waals surface area (Å²) in [6, 6.07) is 4.79. The third-order valence-electron chi connectivity index (χ3n) is 5.49. The molecule has 2 aliphatic rings. The van der Waals surface area contributed by atoms with Crippen molar-refractivity contribution in [2.45, 2.75) is 30.8 Å². The molecule has 2 unspecified atom stereocenters. The summed E-state index contributed by atoms with van der Waals surface area (Å²) in [5.74, 6) is 0.795. The lowest BCUT2D eigenvalue weighted by Gasteiger charge is -2.36. The molecule has 2 fully saturated rings. The van der Waals surface area contributed by atoms with Crippen LogP contribution in [0.2, 0.25) is 0 Å². The van der Waals surface area contributed by atoms with Crippen LogP contribution in [0.4, 0.5) is 18.9 Å². The largest absolute Gasteiger partial charge is 0.424 e. The third kappa shape index (κ3) is 4.16. The number of hydrogen-bond acceptors (Lipinski definition) is 7. The number of nitrogens with zero attached hydrogens (tertiary/aromatic N) is 4. The van der Waals surface area contributed by atoms with Crippen molar-refractivity contribution in [3.63, 3.8) is 0 Å². The summed E-state index contributed by atoms with van der Waals surface area (Å²) in [5.41, 5.74) is -0.273. The van der Waals surface area contributed by atoms with Gasteiger partial charge in [-0.2, -0.15) is 17.5 Å². The number of nitrogens with one attached hydrogen (secondary N) is 1. The highest BCUT2D eigenvalue weighted by Gasteiger charge is 2.41. The fourth-order valence-corrected chi connectivity index (χ4v) is 5.70. The fraction of sp³-hybridized carbons (Fsp3) is 0.556. The van der Waals surface area contributed by atoms with Crippen molar-refractivity contribution in [2.75, 3.05) is 37.6 Å². The number of sulfonamides is 1. The summed E-state index contributed by atoms with van der Waals surface area (Å²) in [5, 5.41) is 10.2. The molecule has 164 valence electrons. The van der Waals surface area contributed by atoms with Gasteiger partial charge in [-0.1, -0.05) is 6.07 Å². The predicted octanol–water partition coefficient (Wildman–Crippen LogP) is 1.95. The van der Waals surface area contributed by atoms with Crippen LogP contribution in [0.5, 0.6) is 0 Å². The molecule has 2 saturated heterocycles. The molecular weight excluding hydrogens is 423 g/mol. The zero-order valence-corrected chi connectivity index (χ0v) is 17.1. The molecule has 12 heteroatoms. The number of anilines is 1. The Bertz CT molecular complexity index is 1000. The van der Waals surface area contributed by atoms with E-state index in [1.54, 1.807) is 17.9 Å². The van der Waals surface area contributed by atoms with Crippen LogP contribution >= 0.6 is 0 Å². The molecule has 2 atom stereocenters. The highest BCUT2D eigenvalue weighted by atomic mass is 32.2. The lowest BCUT2D eigenvalue weighted by Crippen LogP contribution is -2.51. The average Bonchev–Trinajstić information content (AvgIpc) is 3.37. The van der Waals surface area contributed by atoms with Crippen molar-refractivity contribution < 1.29 is 26.0 Å². The lowest BCUT2D eigenvalue weighted by molar-refractivity contribution is -0.137. The number of alkyl halides is 3. The number of piperazine rings is 1. The summed E-state index contributed by atoms with van der Waals surface area (Å²) in [6.45, 7) is 3.05. The Balaban J connectivity index is 1.39. The molecule has 1 aromatic carbocycles. The van der Waals surface area contributed by atoms with Gasteiger partial charge in [-0.25, -0.2) is 8.42 Å². The monoisotopic (exact) mass is 445 g/mol. The summed E-state index contributed by atoms with van der Waals surface area (Å²) >= 11 is 0. The van der Waals surface area contributed by atoms with Gasteiger partial charge >= 0.3 is 6.18 Å². The van der Waals surface area contributed by atoms with Gasteiger partial charge in [0.2, 0.25) is 21.8 Å². The highest BCUT2D eigenvalue weighted by molar-refractivity contribution is 7.89. The van der Waals surface area contributed by atoms with Crippen LogP contribution in [0.15, 0.2) is 28.7 Å². The molecular formula is C18H22F3N5O3S. The molecule has 0 radical (unpaired) electrons. The van der Waals surface area contributed by atoms with Crippen molar-refractivity contribution in [1.29, 1.82) is 0 Å². The molecule has 4 rings (SSSR count). The van der Waals surface area contributed by atoms with Gasteiger partial charge in [0, 0.05) is 45.3 Å². The quantitative estimate of drug-likeness (QED) is 0.769. The smallest absolute Gasteiger partial charge is 0.416 e. The first-order valence-electron chi connectivity index (χ1n) is 9.59. The van der Waals surface area contributed by atoms with Crippen molar-refractivity contribution >= 4 is 15.7 Å². The van der Waals surface area contributed by atoms with Crippen LogP contribution in [0.1, 0.15) is 29.8 Å². The zero-order chi connectivity index (χ0) is 21.5. The van der Waals surface area contributed by atoms with E-state index in [2.05, 4.69) is 15.5 Å². The minimum atomic E-state index is -4.41. The maximum atomic E-state index is 13.1. The molecule has 2 aromatic rings. The first-order chi connectivity index (χ1) is 14.1. The van der Waals surface area contributed by atoms with E-state index in [-0.39, 0.29) is 25.7 Å². The van der Waals surface area contributed by atoms with E-state index in [0.717, 1.165) is 12.1 Å². The Labute approximate surface area is 172 Å². The van der Waals surface area contributed by atoms with Gasteiger partial charge in [0.1, 0.15) is 0 Å². The second-order valence-electron chi connectivity index (χ2n) is 7.46. The molecule has 1 aromatic heterocycles. The molecule has 3 heterocycles. The Morgan fingerprint density at radius 2 is 1.90 bits per heavy atom. The van der Waals surface area contributed by atoms with Crippen molar-refractivity contribution in [2.24, 2.45) is 0 Å². The second kappa shape index (κ2) is 7.82. The Morgan fingerprint density at radius 3 is 2.53 bits per heavy atom. The van der Waals surface area contributed by atoms with Gasteiger partial charge in [-0.15, -0.1) is 10.2 Å². The third-order valence-corrected chi connectivity index (χ3v) is 7.78. The van der Waals surface area contributed by atoms with Gasteiger partial charge in [-0.05, 0) is 24.6 Å². The van der Waals surface area contributed by atoms with E-state index in [4.69, 9.17) is 4.42 Å². The van der Waals surface area contributed by atoms with Crippen LogP contribution in [-0.4, -0.2) is 60.9 Å². The first kappa shape index (κ1) is 21.1. The summed E-state index contributed by atoms with van der Waals surface area (Å²) in [6.07, 6.45) is -4.08. The molecule has 30 heavy (non-hydrogen) atoms. The number of halogens is 3. The van der Waals surface area contributed by atoms with E-state index in [1.807, 2.05) is 0 Å². The van der Waals surface area contributed by atoms with Gasteiger partial charge in [0.15, 0.2) is 0 Å². The van der Waals surface area contributed by atoms with Gasteiger partial charge in [-0.3, -0.25) is 0 Å². The van der Waals surface area contributed by atoms with Crippen molar-refractivity contribution in [1.82, 2.24) is 19.8 Å². The topological polar surface area (TPSA) is 91.6 Å². The van der Waals surface area contributed by atoms with Crippen molar-refractivity contribution in [3.8, 4) is 0 Å². The molecule has 0 spiro atoms. The molecule has 2 aliphatic heterocycles. The SMILES string of the molecule is Cc1nnc(C2CC(S(=O)(=O)N3CCN(c4cccc(C(F)(F)F)c4)CC3)CN2)o1. The Kier molecular flexibility index (Phi) is 5.49. The fourth-order valence-electron chi connectivity index (χ4n) is 3.86. The van der Waals surface area contributed by atoms with Crippen molar-refractivity contribution in [3.05, 3.63) is 41.6 Å². The van der Waals surface area contributed by atoms with Gasteiger partial charge in [0.25, 0.3) is 0 Å². The Morgan fingerprint density at radius 1 is 1.17 bits per heavy atom. The number of rotatable bonds is 4. The van der Waals surface area contributed by atoms with Gasteiger partial charge in [0.05, 0.1) is 16.9 Å². The normalized spacial score (nSPS) is 23.8. The summed E-state index contributed by atoms with van der Waals surface area (Å²) in [4.78, 5) is 1.78. The van der Waals surface area contributed by atoms with Crippen LogP contribution in [-0.2, 0) is 16.2 Å². The van der Waals surface area contributed by atoms with Crippen LogP contribution < -0.4 is 10.2 Å². The van der Waals surface area contributed by atoms with Crippen LogP contribution in [0.25, 0.3) is 0 Å². The van der Waals surface area contributed by atoms with E-state index >= 15 is 0 Å². The van der Waals surface area contributed by atoms with Crippen LogP contribution in [0.3, 0.4) is 0 Å². The number of aryl methyl sites for hydroxylation is 1. The van der Waals surface area contributed by atoms with E-state index in [9.17, 15) is 21.6 Å². The van der Waals surface area contributed by atoms with E-state index < -0.39 is 27.0 Å². The lowest BCUT2D eigenvalue weighted by atomic mass is 10.1. The molecule has 0 saturated carbocycles. The molecule has 1 N–H and O–H groups in total. The second-order valence-corrected chi connectivity index (χ2v) is 9.67. The number of benzene rings is 1. The molecule has 0 bridgehead atoms. The van der Waals surface area contributed by atoms with Gasteiger partial charge < -0.3 is 14.6 Å². The average molecular weight is 445 g/mol. The first-order valence-corrected chi connectivity index (χ1v) is 11.1. The highest BCUT2D eigenvalue weighted by Crippen LogP contribution is 2.32. The summed E-state index contributed by atoms with van der Waals surface area (Å²) < 4.78 is 71.8. The maximum Gasteiger partial charge on any atom is 0.416 e. The van der Waals surface area contributed by atoms with Crippen LogP contribution in [0, 0.1) is 6.92 Å². The zero-order valence-electron chi connectivity index (χ0n) is 16.3. The van der Waals surface area contributed by atoms with E-state index in [0.29, 0.717) is 37.0 Å². The molecule has 0 amide bonds. The molecule has 8 nitrogen and oxygen atoms in total. The number of aromatic nitrogens is 2. The standard InChI is InChI=1S/C18H22F3N5O3S/c1-12-23-24-17(29-12)16-10-15(11-22-16)30(27,28)26-7-5-25(6-8-26)14-4-2-3-13(9-14)18(19,20)21/h2-4,9,15-16,22H,5-8,10-11H2,1H3. The molecule has 0 aliphatic carbocycles.